The Balaban J connectivity index is 2.43. The van der Waals surface area contributed by atoms with E-state index in [0.29, 0.717) is 5.69 Å². The number of aromatic nitrogens is 4. The van der Waals surface area contributed by atoms with Gasteiger partial charge in [0.25, 0.3) is 0 Å². The molecule has 0 aromatic carbocycles. The predicted octanol–water partition coefficient (Wildman–Crippen LogP) is 0.449. The molecule has 2 heterocycles. The molecule has 0 saturated heterocycles. The third-order valence-corrected chi connectivity index (χ3v) is 1.45. The first-order chi connectivity index (χ1) is 5.86. The average molecular weight is 161 g/mol. The molecule has 0 aliphatic heterocycles. The van der Waals surface area contributed by atoms with Gasteiger partial charge in [-0.25, -0.2) is 4.98 Å². The Bertz CT molecular complexity index is 350. The van der Waals surface area contributed by atoms with Crippen LogP contribution in [0, 0.1) is 0 Å². The van der Waals surface area contributed by atoms with Crippen LogP contribution in [0.4, 0.5) is 5.95 Å². The Morgan fingerprint density at radius 3 is 2.83 bits per heavy atom. The van der Waals surface area contributed by atoms with Crippen LogP contribution in [0.3, 0.4) is 0 Å². The number of hydrogen-bond donors (Lipinski definition) is 2. The van der Waals surface area contributed by atoms with Crippen molar-refractivity contribution in [1.82, 2.24) is 20.2 Å². The minimum Gasteiger partial charge on any atom is -0.366 e. The highest BCUT2D eigenvalue weighted by Gasteiger charge is 1.99. The number of nitrogen functional groups attached to an aromatic ring is 1. The van der Waals surface area contributed by atoms with E-state index in [1.807, 2.05) is 18.3 Å². The second-order valence-corrected chi connectivity index (χ2v) is 2.29. The van der Waals surface area contributed by atoms with Gasteiger partial charge in [-0.15, -0.1) is 10.2 Å². The quantitative estimate of drug-likeness (QED) is 0.636. The van der Waals surface area contributed by atoms with Crippen molar-refractivity contribution in [2.45, 2.75) is 0 Å². The molecule has 0 aliphatic carbocycles. The van der Waals surface area contributed by atoms with Crippen molar-refractivity contribution in [3.63, 3.8) is 0 Å². The standard InChI is InChI=1S/C7H7N5/c8-7-10-4-6(11-12-7)5-2-1-3-9-5/h1-4,9H,(H2,8,10,12). The molecule has 3 N–H and O–H groups in total. The average Bonchev–Trinajstić information content (AvgIpc) is 2.58. The highest BCUT2D eigenvalue weighted by Crippen LogP contribution is 2.10. The van der Waals surface area contributed by atoms with Crippen LogP contribution in [0.15, 0.2) is 24.5 Å². The normalized spacial score (nSPS) is 10.0. The lowest BCUT2D eigenvalue weighted by Gasteiger charge is -1.94. The zero-order valence-corrected chi connectivity index (χ0v) is 6.23. The second kappa shape index (κ2) is 2.61. The number of nitrogens with two attached hydrogens (primary N) is 1. The fourth-order valence-corrected chi connectivity index (χ4v) is 0.897. The summed E-state index contributed by atoms with van der Waals surface area (Å²) in [5, 5.41) is 7.48. The molecule has 0 atom stereocenters. The van der Waals surface area contributed by atoms with Crippen molar-refractivity contribution >= 4 is 5.95 Å². The topological polar surface area (TPSA) is 80.5 Å². The van der Waals surface area contributed by atoms with E-state index in [2.05, 4.69) is 20.2 Å². The van der Waals surface area contributed by atoms with E-state index in [4.69, 9.17) is 5.73 Å². The van der Waals surface area contributed by atoms with E-state index in [-0.39, 0.29) is 5.95 Å². The highest BCUT2D eigenvalue weighted by molar-refractivity contribution is 5.52. The Morgan fingerprint density at radius 2 is 2.25 bits per heavy atom. The van der Waals surface area contributed by atoms with Crippen LogP contribution in [0.25, 0.3) is 11.4 Å². The molecule has 0 unspecified atom stereocenters. The number of nitrogens with one attached hydrogen (secondary N) is 1. The molecule has 2 aromatic rings. The molecule has 0 radical (unpaired) electrons. The van der Waals surface area contributed by atoms with Crippen LogP contribution in [0.5, 0.6) is 0 Å². The molecule has 5 heteroatoms. The summed E-state index contributed by atoms with van der Waals surface area (Å²) in [5.41, 5.74) is 6.86. The van der Waals surface area contributed by atoms with Crippen molar-refractivity contribution in [1.29, 1.82) is 0 Å². The Labute approximate surface area is 68.7 Å². The van der Waals surface area contributed by atoms with Gasteiger partial charge in [-0.3, -0.25) is 0 Å². The molecule has 0 bridgehead atoms. The van der Waals surface area contributed by atoms with E-state index in [1.54, 1.807) is 6.20 Å². The van der Waals surface area contributed by atoms with Crippen LogP contribution in [-0.2, 0) is 0 Å². The molecule has 0 amide bonds. The molecule has 0 saturated carbocycles. The Hall–Kier alpha value is -1.91. The maximum atomic E-state index is 5.29. The van der Waals surface area contributed by atoms with E-state index in [9.17, 15) is 0 Å². The van der Waals surface area contributed by atoms with Gasteiger partial charge in [-0.1, -0.05) is 0 Å². The van der Waals surface area contributed by atoms with Crippen LogP contribution < -0.4 is 5.73 Å². The van der Waals surface area contributed by atoms with E-state index >= 15 is 0 Å². The fourth-order valence-electron chi connectivity index (χ4n) is 0.897. The maximum absolute atomic E-state index is 5.29. The molecule has 0 fully saturated rings. The van der Waals surface area contributed by atoms with E-state index in [1.165, 1.54) is 0 Å². The summed E-state index contributed by atoms with van der Waals surface area (Å²) in [6, 6.07) is 3.77. The van der Waals surface area contributed by atoms with Crippen LogP contribution in [-0.4, -0.2) is 20.2 Å². The van der Waals surface area contributed by atoms with Gasteiger partial charge < -0.3 is 10.7 Å². The lowest BCUT2D eigenvalue weighted by molar-refractivity contribution is 0.988. The molecule has 2 rings (SSSR count). The van der Waals surface area contributed by atoms with Gasteiger partial charge in [0.15, 0.2) is 0 Å². The third kappa shape index (κ3) is 1.12. The first kappa shape index (κ1) is 6.78. The minimum atomic E-state index is 0.185. The predicted molar refractivity (Wildman–Crippen MR) is 44.0 cm³/mol. The Morgan fingerprint density at radius 1 is 1.33 bits per heavy atom. The molecule has 5 nitrogen and oxygen atoms in total. The number of rotatable bonds is 1. The van der Waals surface area contributed by atoms with Gasteiger partial charge in [0.2, 0.25) is 5.95 Å². The molecule has 2 aromatic heterocycles. The van der Waals surface area contributed by atoms with Crippen molar-refractivity contribution in [3.8, 4) is 11.4 Å². The molecule has 60 valence electrons. The summed E-state index contributed by atoms with van der Waals surface area (Å²) in [4.78, 5) is 6.81. The lowest BCUT2D eigenvalue weighted by atomic mass is 10.3. The van der Waals surface area contributed by atoms with Crippen LogP contribution >= 0.6 is 0 Å². The summed E-state index contributed by atoms with van der Waals surface area (Å²) in [5.74, 6) is 0.185. The summed E-state index contributed by atoms with van der Waals surface area (Å²) in [6.07, 6.45) is 3.39. The third-order valence-electron chi connectivity index (χ3n) is 1.45. The zero-order chi connectivity index (χ0) is 8.39. The van der Waals surface area contributed by atoms with Gasteiger partial charge in [-0.05, 0) is 12.1 Å². The number of H-pyrrole nitrogens is 1. The summed E-state index contributed by atoms with van der Waals surface area (Å²) in [7, 11) is 0. The fraction of sp³-hybridized carbons (Fsp3) is 0. The zero-order valence-electron chi connectivity index (χ0n) is 6.23. The lowest BCUT2D eigenvalue weighted by Crippen LogP contribution is -1.97. The van der Waals surface area contributed by atoms with Crippen molar-refractivity contribution in [2.75, 3.05) is 5.73 Å². The molecule has 0 aliphatic rings. The minimum absolute atomic E-state index is 0.185. The number of aromatic amines is 1. The van der Waals surface area contributed by atoms with Gasteiger partial charge in [0, 0.05) is 6.20 Å². The van der Waals surface area contributed by atoms with Gasteiger partial charge in [-0.2, -0.15) is 0 Å². The van der Waals surface area contributed by atoms with Crippen LogP contribution in [0.2, 0.25) is 0 Å². The largest absolute Gasteiger partial charge is 0.366 e. The van der Waals surface area contributed by atoms with E-state index in [0.717, 1.165) is 5.69 Å². The first-order valence-corrected chi connectivity index (χ1v) is 3.45. The van der Waals surface area contributed by atoms with E-state index < -0.39 is 0 Å². The van der Waals surface area contributed by atoms with Gasteiger partial charge in [0.05, 0.1) is 11.9 Å². The molecule has 0 spiro atoms. The van der Waals surface area contributed by atoms with Crippen LogP contribution in [0.1, 0.15) is 0 Å². The molecular weight excluding hydrogens is 154 g/mol. The smallest absolute Gasteiger partial charge is 0.240 e. The van der Waals surface area contributed by atoms with Gasteiger partial charge >= 0.3 is 0 Å². The molecule has 12 heavy (non-hydrogen) atoms. The van der Waals surface area contributed by atoms with Crippen molar-refractivity contribution in [3.05, 3.63) is 24.5 Å². The highest BCUT2D eigenvalue weighted by atomic mass is 15.2. The Kier molecular flexibility index (Phi) is 1.48. The SMILES string of the molecule is Nc1ncc(-c2ccc[nH]2)nn1. The summed E-state index contributed by atoms with van der Waals surface area (Å²) in [6.45, 7) is 0. The van der Waals surface area contributed by atoms with Gasteiger partial charge in [0.1, 0.15) is 5.69 Å². The number of anilines is 1. The monoisotopic (exact) mass is 161 g/mol. The number of nitrogens with zero attached hydrogens (tertiary/aromatic N) is 3. The molecular formula is C7H7N5. The maximum Gasteiger partial charge on any atom is 0.240 e. The first-order valence-electron chi connectivity index (χ1n) is 3.45. The summed E-state index contributed by atoms with van der Waals surface area (Å²) < 4.78 is 0. The second-order valence-electron chi connectivity index (χ2n) is 2.29. The van der Waals surface area contributed by atoms with Crippen molar-refractivity contribution < 1.29 is 0 Å². The van der Waals surface area contributed by atoms with Crippen molar-refractivity contribution in [2.24, 2.45) is 0 Å². The number of hydrogen-bond acceptors (Lipinski definition) is 4. The summed E-state index contributed by atoms with van der Waals surface area (Å²) >= 11 is 0.